The van der Waals surface area contributed by atoms with Crippen LogP contribution in [0.4, 0.5) is 0 Å². The van der Waals surface area contributed by atoms with Crippen LogP contribution in [0.1, 0.15) is 42.2 Å². The summed E-state index contributed by atoms with van der Waals surface area (Å²) in [7, 11) is 1.43. The molecular formula is C26H20N2O6. The first-order valence-corrected chi connectivity index (χ1v) is 10.4. The van der Waals surface area contributed by atoms with Crippen LogP contribution in [-0.4, -0.2) is 43.0 Å². The largest absolute Gasteiger partial charge is 0.496 e. The number of carbonyl (C=O) groups excluding carboxylic acids is 3. The Kier molecular flexibility index (Phi) is 6.55. The number of nitrogens with zero attached hydrogens (tertiary/aromatic N) is 2. The van der Waals surface area contributed by atoms with Crippen molar-refractivity contribution in [2.75, 3.05) is 20.3 Å². The third-order valence-electron chi connectivity index (χ3n) is 5.27. The molecule has 0 aliphatic carbocycles. The molecule has 0 N–H and O–H groups in total. The maximum atomic E-state index is 12.7. The van der Waals surface area contributed by atoms with Crippen LogP contribution >= 0.6 is 0 Å². The van der Waals surface area contributed by atoms with Gasteiger partial charge < -0.3 is 14.2 Å². The van der Waals surface area contributed by atoms with Gasteiger partial charge in [-0.1, -0.05) is 18.2 Å². The summed E-state index contributed by atoms with van der Waals surface area (Å²) in [6.45, 7) is 0.123. The summed E-state index contributed by atoms with van der Waals surface area (Å²) in [5, 5.41) is 8.83. The van der Waals surface area contributed by atoms with Crippen LogP contribution in [0.25, 0.3) is 0 Å². The van der Waals surface area contributed by atoms with E-state index in [0.29, 0.717) is 33.8 Å². The number of amides is 2. The number of methoxy groups -OCH3 is 1. The van der Waals surface area contributed by atoms with E-state index in [0.717, 1.165) is 4.90 Å². The summed E-state index contributed by atoms with van der Waals surface area (Å²) in [4.78, 5) is 39.1. The lowest BCUT2D eigenvalue weighted by molar-refractivity contribution is 0.0446. The zero-order chi connectivity index (χ0) is 24.1. The summed E-state index contributed by atoms with van der Waals surface area (Å²) < 4.78 is 16.1. The average molecular weight is 456 g/mol. The monoisotopic (exact) mass is 456 g/mol. The molecule has 0 unspecified atom stereocenters. The molecule has 3 aromatic carbocycles. The van der Waals surface area contributed by atoms with Crippen molar-refractivity contribution < 1.29 is 28.6 Å². The Labute approximate surface area is 195 Å². The summed E-state index contributed by atoms with van der Waals surface area (Å²) >= 11 is 0. The van der Waals surface area contributed by atoms with E-state index in [2.05, 4.69) is 0 Å². The highest BCUT2D eigenvalue weighted by atomic mass is 16.6. The second-order valence-corrected chi connectivity index (χ2v) is 7.40. The first-order valence-electron chi connectivity index (χ1n) is 10.4. The molecule has 0 aromatic heterocycles. The number of benzene rings is 3. The molecule has 8 heteroatoms. The summed E-state index contributed by atoms with van der Waals surface area (Å²) in [5.41, 5.74) is 2.00. The molecule has 0 atom stereocenters. The molecule has 8 nitrogen and oxygen atoms in total. The smallest absolute Gasteiger partial charge is 0.342 e. The quantitative estimate of drug-likeness (QED) is 0.290. The SMILES string of the molecule is COc1ccc(CN2C(=O)c3ccccc3C2=O)cc1C(=O)OCCOc1ccc(C#N)cc1. The van der Waals surface area contributed by atoms with E-state index >= 15 is 0 Å². The molecule has 1 aliphatic rings. The minimum absolute atomic E-state index is 0.00930. The first-order chi connectivity index (χ1) is 16.5. The number of hydrogen-bond acceptors (Lipinski definition) is 7. The summed E-state index contributed by atoms with van der Waals surface area (Å²) in [5.74, 6) is -0.509. The van der Waals surface area contributed by atoms with Gasteiger partial charge in [0.05, 0.1) is 36.4 Å². The Morgan fingerprint density at radius 2 is 1.62 bits per heavy atom. The van der Waals surface area contributed by atoms with Crippen molar-refractivity contribution in [3.63, 3.8) is 0 Å². The Morgan fingerprint density at radius 3 is 2.24 bits per heavy atom. The van der Waals surface area contributed by atoms with Gasteiger partial charge in [0.2, 0.25) is 0 Å². The Hall–Kier alpha value is -4.64. The van der Waals surface area contributed by atoms with Gasteiger partial charge in [-0.2, -0.15) is 5.26 Å². The van der Waals surface area contributed by atoms with Crippen LogP contribution in [0, 0.1) is 11.3 Å². The maximum absolute atomic E-state index is 12.7. The Balaban J connectivity index is 1.40. The second kappa shape index (κ2) is 9.88. The maximum Gasteiger partial charge on any atom is 0.342 e. The number of nitriles is 1. The predicted molar refractivity (Wildman–Crippen MR) is 121 cm³/mol. The van der Waals surface area contributed by atoms with Gasteiger partial charge >= 0.3 is 5.97 Å². The van der Waals surface area contributed by atoms with Gasteiger partial charge in [-0.15, -0.1) is 0 Å². The van der Waals surface area contributed by atoms with Gasteiger partial charge in [-0.05, 0) is 54.1 Å². The summed E-state index contributed by atoms with van der Waals surface area (Å²) in [6.07, 6.45) is 0. The predicted octanol–water partition coefficient (Wildman–Crippen LogP) is 3.60. The number of imide groups is 1. The van der Waals surface area contributed by atoms with Gasteiger partial charge in [0.25, 0.3) is 11.8 Å². The van der Waals surface area contributed by atoms with E-state index in [-0.39, 0.29) is 37.1 Å². The lowest BCUT2D eigenvalue weighted by atomic mass is 10.1. The Bertz CT molecular complexity index is 1260. The fourth-order valence-corrected chi connectivity index (χ4v) is 3.58. The molecule has 0 saturated heterocycles. The van der Waals surface area contributed by atoms with Gasteiger partial charge in [0.1, 0.15) is 30.3 Å². The third kappa shape index (κ3) is 4.59. The standard InChI is InChI=1S/C26H20N2O6/c1-32-23-11-8-18(16-28-24(29)20-4-2-3-5-21(20)25(28)30)14-22(23)26(31)34-13-12-33-19-9-6-17(15-27)7-10-19/h2-11,14H,12-13,16H2,1H3. The minimum atomic E-state index is -0.621. The minimum Gasteiger partial charge on any atom is -0.496 e. The van der Waals surface area contributed by atoms with Crippen LogP contribution in [0.2, 0.25) is 0 Å². The van der Waals surface area contributed by atoms with Gasteiger partial charge in [0, 0.05) is 0 Å². The molecule has 1 heterocycles. The topological polar surface area (TPSA) is 106 Å². The molecule has 2 amide bonds. The average Bonchev–Trinajstić information content (AvgIpc) is 3.11. The molecule has 0 bridgehead atoms. The molecule has 170 valence electrons. The van der Waals surface area contributed by atoms with E-state index in [4.69, 9.17) is 19.5 Å². The number of fused-ring (bicyclic) bond motifs is 1. The highest BCUT2D eigenvalue weighted by Crippen LogP contribution is 2.26. The van der Waals surface area contributed by atoms with E-state index in [1.807, 2.05) is 6.07 Å². The molecule has 4 rings (SSSR count). The zero-order valence-electron chi connectivity index (χ0n) is 18.3. The van der Waals surface area contributed by atoms with Crippen molar-refractivity contribution in [3.8, 4) is 17.6 Å². The van der Waals surface area contributed by atoms with Crippen molar-refractivity contribution in [2.24, 2.45) is 0 Å². The first kappa shape index (κ1) is 22.6. The van der Waals surface area contributed by atoms with Crippen molar-refractivity contribution in [2.45, 2.75) is 6.54 Å². The van der Waals surface area contributed by atoms with Crippen LogP contribution < -0.4 is 9.47 Å². The molecule has 0 radical (unpaired) electrons. The Morgan fingerprint density at radius 1 is 0.941 bits per heavy atom. The van der Waals surface area contributed by atoms with Crippen LogP contribution in [0.5, 0.6) is 11.5 Å². The highest BCUT2D eigenvalue weighted by Gasteiger charge is 2.35. The molecule has 3 aromatic rings. The van der Waals surface area contributed by atoms with E-state index in [1.54, 1.807) is 66.7 Å². The van der Waals surface area contributed by atoms with Crippen molar-refractivity contribution in [1.82, 2.24) is 4.90 Å². The van der Waals surface area contributed by atoms with E-state index < -0.39 is 5.97 Å². The third-order valence-corrected chi connectivity index (χ3v) is 5.27. The van der Waals surface area contributed by atoms with Crippen molar-refractivity contribution >= 4 is 17.8 Å². The molecular weight excluding hydrogens is 436 g/mol. The highest BCUT2D eigenvalue weighted by molar-refractivity contribution is 6.21. The normalized spacial score (nSPS) is 12.2. The summed E-state index contributed by atoms with van der Waals surface area (Å²) in [6, 6.07) is 20.1. The molecule has 1 aliphatic heterocycles. The van der Waals surface area contributed by atoms with Gasteiger partial charge in [0.15, 0.2) is 0 Å². The molecule has 0 saturated carbocycles. The van der Waals surface area contributed by atoms with E-state index in [1.165, 1.54) is 7.11 Å². The van der Waals surface area contributed by atoms with Crippen LogP contribution in [-0.2, 0) is 11.3 Å². The van der Waals surface area contributed by atoms with Crippen molar-refractivity contribution in [1.29, 1.82) is 5.26 Å². The molecule has 0 spiro atoms. The number of esters is 1. The number of carbonyl (C=O) groups is 3. The van der Waals surface area contributed by atoms with Gasteiger partial charge in [-0.3, -0.25) is 14.5 Å². The number of hydrogen-bond donors (Lipinski definition) is 0. The number of ether oxygens (including phenoxy) is 3. The fourth-order valence-electron chi connectivity index (χ4n) is 3.58. The fraction of sp³-hybridized carbons (Fsp3) is 0.154. The zero-order valence-corrected chi connectivity index (χ0v) is 18.3. The molecule has 34 heavy (non-hydrogen) atoms. The lowest BCUT2D eigenvalue weighted by Gasteiger charge is -2.16. The molecule has 0 fully saturated rings. The van der Waals surface area contributed by atoms with E-state index in [9.17, 15) is 14.4 Å². The van der Waals surface area contributed by atoms with Crippen LogP contribution in [0.3, 0.4) is 0 Å². The van der Waals surface area contributed by atoms with Crippen molar-refractivity contribution in [3.05, 3.63) is 94.5 Å². The lowest BCUT2D eigenvalue weighted by Crippen LogP contribution is -2.29. The van der Waals surface area contributed by atoms with Crippen LogP contribution in [0.15, 0.2) is 66.7 Å². The second-order valence-electron chi connectivity index (χ2n) is 7.40. The number of rotatable bonds is 8. The van der Waals surface area contributed by atoms with Gasteiger partial charge in [-0.25, -0.2) is 4.79 Å².